The molecule has 3 rings (SSSR count). The van der Waals surface area contributed by atoms with Crippen LogP contribution in [0.1, 0.15) is 18.2 Å². The van der Waals surface area contributed by atoms with Crippen molar-refractivity contribution in [2.45, 2.75) is 29.8 Å². The first-order valence-corrected chi connectivity index (χ1v) is 9.53. The van der Waals surface area contributed by atoms with Gasteiger partial charge >= 0.3 is 5.69 Å². The van der Waals surface area contributed by atoms with Gasteiger partial charge in [-0.15, -0.1) is 0 Å². The number of rotatable bonds is 5. The van der Waals surface area contributed by atoms with Crippen molar-refractivity contribution < 1.29 is 0 Å². The minimum atomic E-state index is -0.0173. The van der Waals surface area contributed by atoms with Gasteiger partial charge in [-0.25, -0.2) is 4.79 Å². The first kappa shape index (κ1) is 18.2. The fraction of sp³-hybridized carbons (Fsp3) is 0.211. The summed E-state index contributed by atoms with van der Waals surface area (Å²) in [6.45, 7) is 2.58. The molecule has 0 radical (unpaired) electrons. The van der Waals surface area contributed by atoms with Crippen LogP contribution >= 0.6 is 35.0 Å². The van der Waals surface area contributed by atoms with Gasteiger partial charge in [-0.05, 0) is 30.2 Å². The fourth-order valence-corrected chi connectivity index (χ4v) is 4.69. The molecule has 1 heterocycles. The van der Waals surface area contributed by atoms with Gasteiger partial charge in [-0.1, -0.05) is 72.2 Å². The highest BCUT2D eigenvalue weighted by atomic mass is 35.5. The summed E-state index contributed by atoms with van der Waals surface area (Å²) in [6.07, 6.45) is 0.768. The molecule has 0 unspecified atom stereocenters. The maximum absolute atomic E-state index is 12.8. The Balaban J connectivity index is 2.07. The summed E-state index contributed by atoms with van der Waals surface area (Å²) in [4.78, 5) is 13.7. The molecule has 130 valence electrons. The predicted molar refractivity (Wildman–Crippen MR) is 105 cm³/mol. The molecule has 2 aromatic carbocycles. The van der Waals surface area contributed by atoms with E-state index >= 15 is 0 Å². The van der Waals surface area contributed by atoms with E-state index in [2.05, 4.69) is 6.92 Å². The van der Waals surface area contributed by atoms with Gasteiger partial charge < -0.3 is 0 Å². The standard InChI is InChI=1S/C19H18Cl2N2OS/c1-3-17-18(25-16-10-14(20)9-15(21)11-16)23(19(24)22(17)2)12-13-7-5-4-6-8-13/h4-11H,3,12H2,1-2H3. The highest BCUT2D eigenvalue weighted by molar-refractivity contribution is 7.99. The van der Waals surface area contributed by atoms with Crippen LogP contribution in [0.2, 0.25) is 10.0 Å². The van der Waals surface area contributed by atoms with Crippen LogP contribution in [0.5, 0.6) is 0 Å². The molecule has 0 bridgehead atoms. The Morgan fingerprint density at radius 1 is 1.04 bits per heavy atom. The Bertz CT molecular complexity index is 928. The third kappa shape index (κ3) is 3.97. The van der Waals surface area contributed by atoms with Gasteiger partial charge in [0.2, 0.25) is 0 Å². The lowest BCUT2D eigenvalue weighted by Gasteiger charge is -2.10. The molecule has 0 aliphatic rings. The molecule has 0 aliphatic heterocycles. The molecule has 0 aliphatic carbocycles. The third-order valence-corrected chi connectivity index (χ3v) is 5.54. The summed E-state index contributed by atoms with van der Waals surface area (Å²) < 4.78 is 3.53. The number of hydrogen-bond acceptors (Lipinski definition) is 2. The number of hydrogen-bond donors (Lipinski definition) is 0. The van der Waals surface area contributed by atoms with Gasteiger partial charge in [0.15, 0.2) is 0 Å². The zero-order valence-electron chi connectivity index (χ0n) is 14.0. The van der Waals surface area contributed by atoms with E-state index in [1.54, 1.807) is 10.6 Å². The summed E-state index contributed by atoms with van der Waals surface area (Å²) in [5.41, 5.74) is 2.07. The van der Waals surface area contributed by atoms with Crippen LogP contribution in [-0.2, 0) is 20.0 Å². The Kier molecular flexibility index (Phi) is 5.62. The van der Waals surface area contributed by atoms with Crippen molar-refractivity contribution in [3.63, 3.8) is 0 Å². The molecule has 0 spiro atoms. The van der Waals surface area contributed by atoms with Gasteiger partial charge in [0, 0.05) is 22.0 Å². The molecule has 0 saturated heterocycles. The largest absolute Gasteiger partial charge is 0.329 e. The van der Waals surface area contributed by atoms with Gasteiger partial charge in [0.05, 0.1) is 12.2 Å². The lowest BCUT2D eigenvalue weighted by molar-refractivity contribution is 0.679. The minimum absolute atomic E-state index is 0.0173. The van der Waals surface area contributed by atoms with E-state index in [4.69, 9.17) is 23.2 Å². The first-order valence-electron chi connectivity index (χ1n) is 7.96. The van der Waals surface area contributed by atoms with Crippen molar-refractivity contribution in [2.24, 2.45) is 7.05 Å². The molecule has 0 N–H and O–H groups in total. The second-order valence-electron chi connectivity index (χ2n) is 5.73. The van der Waals surface area contributed by atoms with Crippen LogP contribution in [0.4, 0.5) is 0 Å². The molecule has 0 saturated carbocycles. The summed E-state index contributed by atoms with van der Waals surface area (Å²) in [6, 6.07) is 15.4. The van der Waals surface area contributed by atoms with Crippen LogP contribution in [0.15, 0.2) is 63.2 Å². The Labute approximate surface area is 161 Å². The first-order chi connectivity index (χ1) is 12.0. The van der Waals surface area contributed by atoms with E-state index in [-0.39, 0.29) is 5.69 Å². The Hall–Kier alpha value is -1.62. The van der Waals surface area contributed by atoms with Crippen molar-refractivity contribution in [2.75, 3.05) is 0 Å². The smallest absolute Gasteiger partial charge is 0.298 e. The maximum atomic E-state index is 12.8. The molecule has 6 heteroatoms. The molecular formula is C19H18Cl2N2OS. The number of imidazole rings is 1. The number of benzene rings is 2. The van der Waals surface area contributed by atoms with Gasteiger partial charge in [0.25, 0.3) is 0 Å². The molecule has 1 aromatic heterocycles. The fourth-order valence-electron chi connectivity index (χ4n) is 2.79. The molecule has 0 fully saturated rings. The zero-order chi connectivity index (χ0) is 18.0. The Morgan fingerprint density at radius 3 is 2.28 bits per heavy atom. The van der Waals surface area contributed by atoms with Gasteiger partial charge in [-0.2, -0.15) is 0 Å². The molecule has 25 heavy (non-hydrogen) atoms. The van der Waals surface area contributed by atoms with Crippen LogP contribution in [0.25, 0.3) is 0 Å². The normalized spacial score (nSPS) is 11.0. The van der Waals surface area contributed by atoms with Gasteiger partial charge in [0.1, 0.15) is 5.03 Å². The molecular weight excluding hydrogens is 375 g/mol. The van der Waals surface area contributed by atoms with E-state index in [9.17, 15) is 4.79 Å². The zero-order valence-corrected chi connectivity index (χ0v) is 16.3. The van der Waals surface area contributed by atoms with Crippen molar-refractivity contribution in [3.05, 3.63) is 80.3 Å². The van der Waals surface area contributed by atoms with Crippen molar-refractivity contribution in [3.8, 4) is 0 Å². The van der Waals surface area contributed by atoms with Crippen LogP contribution < -0.4 is 5.69 Å². The lowest BCUT2D eigenvalue weighted by Crippen LogP contribution is -2.23. The highest BCUT2D eigenvalue weighted by Gasteiger charge is 2.18. The second-order valence-corrected chi connectivity index (χ2v) is 7.66. The Morgan fingerprint density at radius 2 is 1.68 bits per heavy atom. The van der Waals surface area contributed by atoms with E-state index in [1.165, 1.54) is 11.8 Å². The van der Waals surface area contributed by atoms with Crippen molar-refractivity contribution >= 4 is 35.0 Å². The summed E-state index contributed by atoms with van der Waals surface area (Å²) in [5, 5.41) is 2.10. The summed E-state index contributed by atoms with van der Waals surface area (Å²) in [5.74, 6) is 0. The lowest BCUT2D eigenvalue weighted by atomic mass is 10.2. The van der Waals surface area contributed by atoms with Crippen LogP contribution in [0.3, 0.4) is 0 Å². The molecule has 0 atom stereocenters. The summed E-state index contributed by atoms with van der Waals surface area (Å²) in [7, 11) is 1.82. The number of halogens is 2. The maximum Gasteiger partial charge on any atom is 0.329 e. The number of nitrogens with zero attached hydrogens (tertiary/aromatic N) is 2. The topological polar surface area (TPSA) is 26.9 Å². The second kappa shape index (κ2) is 7.73. The van der Waals surface area contributed by atoms with Gasteiger partial charge in [-0.3, -0.25) is 9.13 Å². The molecule has 3 nitrogen and oxygen atoms in total. The third-order valence-electron chi connectivity index (χ3n) is 3.98. The van der Waals surface area contributed by atoms with E-state index in [0.717, 1.165) is 27.6 Å². The highest BCUT2D eigenvalue weighted by Crippen LogP contribution is 2.34. The monoisotopic (exact) mass is 392 g/mol. The average Bonchev–Trinajstić information content (AvgIpc) is 2.79. The quantitative estimate of drug-likeness (QED) is 0.592. The van der Waals surface area contributed by atoms with Crippen molar-refractivity contribution in [1.82, 2.24) is 9.13 Å². The molecule has 0 amide bonds. The minimum Gasteiger partial charge on any atom is -0.298 e. The van der Waals surface area contributed by atoms with Crippen molar-refractivity contribution in [1.29, 1.82) is 0 Å². The number of aromatic nitrogens is 2. The SMILES string of the molecule is CCc1c(Sc2cc(Cl)cc(Cl)c2)n(Cc2ccccc2)c(=O)n1C. The van der Waals surface area contributed by atoms with E-state index in [1.807, 2.05) is 54.1 Å². The summed E-state index contributed by atoms with van der Waals surface area (Å²) >= 11 is 13.8. The average molecular weight is 393 g/mol. The van der Waals surface area contributed by atoms with E-state index in [0.29, 0.717) is 16.6 Å². The molecule has 3 aromatic rings. The van der Waals surface area contributed by atoms with Crippen LogP contribution in [-0.4, -0.2) is 9.13 Å². The predicted octanol–water partition coefficient (Wildman–Crippen LogP) is 5.26. The van der Waals surface area contributed by atoms with Crippen LogP contribution in [0, 0.1) is 0 Å². The van der Waals surface area contributed by atoms with E-state index < -0.39 is 0 Å².